The number of hydrogen-bond donors (Lipinski definition) is 1. The lowest BCUT2D eigenvalue weighted by Gasteiger charge is -2.11. The third kappa shape index (κ3) is 2.95. The number of ether oxygens (including phenoxy) is 1. The number of aromatic nitrogens is 1. The van der Waals surface area contributed by atoms with E-state index in [-0.39, 0.29) is 0 Å². The highest BCUT2D eigenvalue weighted by molar-refractivity contribution is 9.10. The number of nitrogens with zero attached hydrogens (tertiary/aromatic N) is 2. The molecule has 0 aliphatic carbocycles. The number of hydrogen-bond acceptors (Lipinski definition) is 5. The fourth-order valence-corrected chi connectivity index (χ4v) is 2.05. The molecule has 0 spiro atoms. The van der Waals surface area contributed by atoms with Crippen LogP contribution in [0.25, 0.3) is 0 Å². The van der Waals surface area contributed by atoms with Gasteiger partial charge in [0.05, 0.1) is 28.4 Å². The van der Waals surface area contributed by atoms with Gasteiger partial charge in [0, 0.05) is 6.20 Å². The van der Waals surface area contributed by atoms with Crippen LogP contribution in [0, 0.1) is 11.3 Å². The van der Waals surface area contributed by atoms with Gasteiger partial charge in [0.2, 0.25) is 0 Å². The van der Waals surface area contributed by atoms with Gasteiger partial charge in [-0.15, -0.1) is 0 Å². The molecule has 0 unspecified atom stereocenters. The third-order valence-electron chi connectivity index (χ3n) is 2.56. The second kappa shape index (κ2) is 6.17. The Morgan fingerprint density at radius 1 is 1.45 bits per heavy atom. The van der Waals surface area contributed by atoms with Gasteiger partial charge in [0.1, 0.15) is 11.9 Å². The second-order valence-corrected chi connectivity index (χ2v) is 4.68. The van der Waals surface area contributed by atoms with Crippen molar-refractivity contribution in [3.8, 4) is 6.07 Å². The van der Waals surface area contributed by atoms with Crippen LogP contribution < -0.4 is 5.32 Å². The van der Waals surface area contributed by atoms with Crippen LogP contribution in [0.5, 0.6) is 0 Å². The first-order valence-corrected chi connectivity index (χ1v) is 6.45. The molecular formula is C14H10BrN3O2. The number of carbonyl (C=O) groups is 1. The van der Waals surface area contributed by atoms with E-state index in [1.165, 1.54) is 13.3 Å². The first-order valence-electron chi connectivity index (χ1n) is 5.65. The Balaban J connectivity index is 2.36. The molecule has 20 heavy (non-hydrogen) atoms. The average molecular weight is 332 g/mol. The first-order chi connectivity index (χ1) is 9.65. The summed E-state index contributed by atoms with van der Waals surface area (Å²) in [5.74, 6) is 0.0817. The molecule has 0 saturated carbocycles. The van der Waals surface area contributed by atoms with E-state index >= 15 is 0 Å². The normalized spacial score (nSPS) is 9.65. The van der Waals surface area contributed by atoms with Gasteiger partial charge in [0.25, 0.3) is 0 Å². The molecule has 0 fully saturated rings. The van der Waals surface area contributed by atoms with Crippen LogP contribution in [0.3, 0.4) is 0 Å². The monoisotopic (exact) mass is 331 g/mol. The number of para-hydroxylation sites is 1. The number of benzene rings is 1. The molecule has 0 radical (unpaired) electrons. The Morgan fingerprint density at radius 3 is 2.85 bits per heavy atom. The molecule has 0 aliphatic heterocycles. The molecule has 2 aromatic rings. The summed E-state index contributed by atoms with van der Waals surface area (Å²) in [6.45, 7) is 0. The molecular weight excluding hydrogens is 322 g/mol. The highest BCUT2D eigenvalue weighted by Gasteiger charge is 2.12. The van der Waals surface area contributed by atoms with E-state index in [2.05, 4.69) is 26.2 Å². The van der Waals surface area contributed by atoms with Crippen molar-refractivity contribution in [3.63, 3.8) is 0 Å². The van der Waals surface area contributed by atoms with Crippen molar-refractivity contribution >= 4 is 33.4 Å². The summed E-state index contributed by atoms with van der Waals surface area (Å²) in [5, 5.41) is 11.8. The highest BCUT2D eigenvalue weighted by atomic mass is 79.9. The van der Waals surface area contributed by atoms with Gasteiger partial charge in [-0.3, -0.25) is 0 Å². The van der Waals surface area contributed by atoms with Crippen molar-refractivity contribution in [2.75, 3.05) is 12.4 Å². The second-order valence-electron chi connectivity index (χ2n) is 3.83. The summed E-state index contributed by atoms with van der Waals surface area (Å²) in [6.07, 6.45) is 1.45. The molecule has 1 N–H and O–H groups in total. The zero-order valence-electron chi connectivity index (χ0n) is 10.6. The topological polar surface area (TPSA) is 75.0 Å². The molecule has 1 aromatic carbocycles. The summed E-state index contributed by atoms with van der Waals surface area (Å²) in [4.78, 5) is 15.8. The molecule has 0 saturated heterocycles. The first kappa shape index (κ1) is 14.0. The number of nitriles is 1. The SMILES string of the molecule is COC(=O)c1ccccc1Nc1ncc(C#N)cc1Br. The zero-order chi connectivity index (χ0) is 14.5. The number of carbonyl (C=O) groups excluding carboxylic acids is 1. The Kier molecular flexibility index (Phi) is 4.33. The van der Waals surface area contributed by atoms with E-state index in [1.54, 1.807) is 30.3 Å². The summed E-state index contributed by atoms with van der Waals surface area (Å²) < 4.78 is 5.36. The van der Waals surface area contributed by atoms with Crippen LogP contribution >= 0.6 is 15.9 Å². The van der Waals surface area contributed by atoms with E-state index in [1.807, 2.05) is 6.07 Å². The predicted octanol–water partition coefficient (Wildman–Crippen LogP) is 3.25. The van der Waals surface area contributed by atoms with E-state index in [0.29, 0.717) is 27.1 Å². The van der Waals surface area contributed by atoms with Crippen LogP contribution in [0.15, 0.2) is 41.0 Å². The number of pyridine rings is 1. The number of rotatable bonds is 3. The van der Waals surface area contributed by atoms with E-state index < -0.39 is 5.97 Å². The largest absolute Gasteiger partial charge is 0.465 e. The van der Waals surface area contributed by atoms with Crippen molar-refractivity contribution < 1.29 is 9.53 Å². The Labute approximate surface area is 124 Å². The maximum atomic E-state index is 11.7. The summed E-state index contributed by atoms with van der Waals surface area (Å²) >= 11 is 3.33. The van der Waals surface area contributed by atoms with E-state index in [0.717, 1.165) is 0 Å². The molecule has 0 atom stereocenters. The Hall–Kier alpha value is -2.39. The van der Waals surface area contributed by atoms with Crippen molar-refractivity contribution in [1.29, 1.82) is 5.26 Å². The van der Waals surface area contributed by atoms with Gasteiger partial charge >= 0.3 is 5.97 Å². The minimum atomic E-state index is -0.433. The highest BCUT2D eigenvalue weighted by Crippen LogP contribution is 2.26. The molecule has 0 bridgehead atoms. The smallest absolute Gasteiger partial charge is 0.339 e. The molecule has 100 valence electrons. The van der Waals surface area contributed by atoms with Gasteiger partial charge in [-0.2, -0.15) is 5.26 Å². The molecule has 6 heteroatoms. The zero-order valence-corrected chi connectivity index (χ0v) is 12.1. The van der Waals surface area contributed by atoms with E-state index in [9.17, 15) is 4.79 Å². The van der Waals surface area contributed by atoms with Crippen molar-refractivity contribution in [3.05, 3.63) is 52.1 Å². The van der Waals surface area contributed by atoms with Crippen molar-refractivity contribution in [2.24, 2.45) is 0 Å². The predicted molar refractivity (Wildman–Crippen MR) is 77.7 cm³/mol. The van der Waals surface area contributed by atoms with Crippen LogP contribution in [0.2, 0.25) is 0 Å². The summed E-state index contributed by atoms with van der Waals surface area (Å²) in [6, 6.07) is 10.6. The van der Waals surface area contributed by atoms with Crippen molar-refractivity contribution in [1.82, 2.24) is 4.98 Å². The van der Waals surface area contributed by atoms with Crippen LogP contribution in [-0.4, -0.2) is 18.1 Å². The fraction of sp³-hybridized carbons (Fsp3) is 0.0714. The standard InChI is InChI=1S/C14H10BrN3O2/c1-20-14(19)10-4-2-3-5-12(10)18-13-11(15)6-9(7-16)8-17-13/h2-6,8H,1H3,(H,17,18). The van der Waals surface area contributed by atoms with Gasteiger partial charge in [-0.05, 0) is 34.1 Å². The Morgan fingerprint density at radius 2 is 2.20 bits per heavy atom. The molecule has 1 heterocycles. The lowest BCUT2D eigenvalue weighted by Crippen LogP contribution is -2.06. The quantitative estimate of drug-likeness (QED) is 0.874. The summed E-state index contributed by atoms with van der Waals surface area (Å²) in [5.41, 5.74) is 1.44. The fourth-order valence-electron chi connectivity index (χ4n) is 1.60. The third-order valence-corrected chi connectivity index (χ3v) is 3.16. The number of esters is 1. The number of anilines is 2. The Bertz CT molecular complexity index is 695. The maximum Gasteiger partial charge on any atom is 0.339 e. The minimum Gasteiger partial charge on any atom is -0.465 e. The number of halogens is 1. The molecule has 5 nitrogen and oxygen atoms in total. The minimum absolute atomic E-state index is 0.410. The molecule has 0 amide bonds. The summed E-state index contributed by atoms with van der Waals surface area (Å²) in [7, 11) is 1.33. The molecule has 0 aliphatic rings. The lowest BCUT2D eigenvalue weighted by atomic mass is 10.2. The molecule has 1 aromatic heterocycles. The lowest BCUT2D eigenvalue weighted by molar-refractivity contribution is 0.0602. The van der Waals surface area contributed by atoms with Gasteiger partial charge in [0.15, 0.2) is 0 Å². The van der Waals surface area contributed by atoms with Gasteiger partial charge < -0.3 is 10.1 Å². The van der Waals surface area contributed by atoms with Gasteiger partial charge in [-0.1, -0.05) is 12.1 Å². The van der Waals surface area contributed by atoms with Crippen LogP contribution in [0.1, 0.15) is 15.9 Å². The van der Waals surface area contributed by atoms with Gasteiger partial charge in [-0.25, -0.2) is 9.78 Å². The van der Waals surface area contributed by atoms with Crippen LogP contribution in [-0.2, 0) is 4.74 Å². The van der Waals surface area contributed by atoms with Crippen molar-refractivity contribution in [2.45, 2.75) is 0 Å². The molecule has 2 rings (SSSR count). The average Bonchev–Trinajstić information content (AvgIpc) is 2.49. The number of nitrogens with one attached hydrogen (secondary N) is 1. The van der Waals surface area contributed by atoms with Crippen LogP contribution in [0.4, 0.5) is 11.5 Å². The maximum absolute atomic E-state index is 11.7. The number of methoxy groups -OCH3 is 1. The van der Waals surface area contributed by atoms with E-state index in [4.69, 9.17) is 10.00 Å².